The third-order valence-corrected chi connectivity index (χ3v) is 9.38. The van der Waals surface area contributed by atoms with Crippen molar-refractivity contribution in [3.05, 3.63) is 59.8 Å². The number of anilines is 1. The van der Waals surface area contributed by atoms with Crippen molar-refractivity contribution in [1.29, 1.82) is 0 Å². The highest BCUT2D eigenvalue weighted by Gasteiger charge is 2.37. The van der Waals surface area contributed by atoms with Crippen molar-refractivity contribution in [1.82, 2.24) is 14.7 Å². The molecule has 0 N–H and O–H groups in total. The summed E-state index contributed by atoms with van der Waals surface area (Å²) in [5, 5.41) is 6.39. The minimum atomic E-state index is -3.62. The first-order chi connectivity index (χ1) is 19.6. The molecule has 0 radical (unpaired) electrons. The second kappa shape index (κ2) is 10.9. The molecule has 0 bridgehead atoms. The zero-order valence-electron chi connectivity index (χ0n) is 24.2. The lowest BCUT2D eigenvalue weighted by atomic mass is 9.81. The molecule has 220 valence electrons. The van der Waals surface area contributed by atoms with Gasteiger partial charge in [0.05, 0.1) is 23.9 Å². The van der Waals surface area contributed by atoms with Crippen LogP contribution in [0.5, 0.6) is 0 Å². The summed E-state index contributed by atoms with van der Waals surface area (Å²) in [6.45, 7) is 8.62. The van der Waals surface area contributed by atoms with Gasteiger partial charge in [-0.25, -0.2) is 4.79 Å². The fourth-order valence-electron chi connectivity index (χ4n) is 5.90. The predicted octanol–water partition coefficient (Wildman–Crippen LogP) is 5.47. The summed E-state index contributed by atoms with van der Waals surface area (Å²) in [4.78, 5) is 16.7. The van der Waals surface area contributed by atoms with Crippen molar-refractivity contribution in [2.75, 3.05) is 37.7 Å². The highest BCUT2D eigenvalue weighted by atomic mass is 32.2. The van der Waals surface area contributed by atoms with Crippen LogP contribution >= 0.6 is 0 Å². The lowest BCUT2D eigenvalue weighted by molar-refractivity contribution is 0.0240. The topological polar surface area (TPSA) is 94.0 Å². The minimum absolute atomic E-state index is 0.104. The molecule has 3 aliphatic rings. The summed E-state index contributed by atoms with van der Waals surface area (Å²) >= 11 is 0. The van der Waals surface area contributed by atoms with E-state index in [0.29, 0.717) is 19.0 Å². The van der Waals surface area contributed by atoms with Gasteiger partial charge in [0.1, 0.15) is 11.4 Å². The van der Waals surface area contributed by atoms with Crippen LogP contribution in [0, 0.1) is 5.92 Å². The smallest absolute Gasteiger partial charge is 0.410 e. The molecule has 41 heavy (non-hydrogen) atoms. The van der Waals surface area contributed by atoms with Crippen LogP contribution in [0.4, 0.5) is 10.5 Å². The summed E-state index contributed by atoms with van der Waals surface area (Å²) in [5.41, 5.74) is 3.73. The lowest BCUT2D eigenvalue weighted by Gasteiger charge is -2.37. The van der Waals surface area contributed by atoms with Crippen molar-refractivity contribution < 1.29 is 22.1 Å². The zero-order valence-corrected chi connectivity index (χ0v) is 25.0. The number of amides is 1. The van der Waals surface area contributed by atoms with Crippen LogP contribution in [0.15, 0.2) is 48.5 Å². The van der Waals surface area contributed by atoms with Crippen LogP contribution in [0.25, 0.3) is 10.9 Å². The Hall–Kier alpha value is -3.11. The molecule has 0 spiro atoms. The first kappa shape index (κ1) is 28.0. The summed E-state index contributed by atoms with van der Waals surface area (Å²) < 4.78 is 38.1. The fourth-order valence-corrected chi connectivity index (χ4v) is 6.98. The Kier molecular flexibility index (Phi) is 7.48. The van der Waals surface area contributed by atoms with E-state index in [2.05, 4.69) is 27.8 Å². The molecular weight excluding hydrogens is 540 g/mol. The van der Waals surface area contributed by atoms with Crippen LogP contribution in [0.3, 0.4) is 0 Å². The van der Waals surface area contributed by atoms with Crippen LogP contribution in [0.2, 0.25) is 0 Å². The number of piperazine rings is 1. The largest absolute Gasteiger partial charge is 0.444 e. The fraction of sp³-hybridized carbons (Fsp3) is 0.548. The van der Waals surface area contributed by atoms with Crippen LogP contribution in [-0.4, -0.2) is 67.6 Å². The molecule has 1 aliphatic heterocycles. The van der Waals surface area contributed by atoms with Gasteiger partial charge in [0.15, 0.2) is 0 Å². The van der Waals surface area contributed by atoms with E-state index in [9.17, 15) is 13.2 Å². The van der Waals surface area contributed by atoms with E-state index < -0.39 is 15.7 Å². The predicted molar refractivity (Wildman–Crippen MR) is 159 cm³/mol. The Morgan fingerprint density at radius 2 is 1.68 bits per heavy atom. The van der Waals surface area contributed by atoms with Gasteiger partial charge in [-0.1, -0.05) is 36.4 Å². The number of nitrogens with zero attached hydrogens (tertiary/aromatic N) is 4. The summed E-state index contributed by atoms with van der Waals surface area (Å²) in [6, 6.07) is 15.8. The van der Waals surface area contributed by atoms with Crippen LogP contribution in [-0.2, 0) is 24.8 Å². The molecule has 2 aromatic carbocycles. The maximum Gasteiger partial charge on any atom is 0.410 e. The quantitative estimate of drug-likeness (QED) is 0.326. The van der Waals surface area contributed by atoms with Gasteiger partial charge >= 0.3 is 6.09 Å². The maximum atomic E-state index is 12.6. The second-order valence-electron chi connectivity index (χ2n) is 12.7. The first-order valence-electron chi connectivity index (χ1n) is 14.7. The first-order valence-corrected chi connectivity index (χ1v) is 16.3. The Morgan fingerprint density at radius 3 is 2.34 bits per heavy atom. The number of carbonyl (C=O) groups excluding carboxylic acids is 1. The highest BCUT2D eigenvalue weighted by Crippen LogP contribution is 2.48. The standard InChI is InChI=1S/C31H40N4O5S/c1-31(2,3)40-30(36)34-16-14-33(15-17-34)26-10-7-11-27-28(26)29(24-12-13-24)32-35(27)25-18-23(19-25)20-39-41(37,38)21-22-8-5-4-6-9-22/h4-11,23-25H,12-21H2,1-3H3. The van der Waals surface area contributed by atoms with E-state index in [1.165, 1.54) is 16.8 Å². The monoisotopic (exact) mass is 580 g/mol. The van der Waals surface area contributed by atoms with Gasteiger partial charge in [0.25, 0.3) is 10.1 Å². The zero-order chi connectivity index (χ0) is 28.8. The Bertz CT molecular complexity index is 1500. The Labute approximate surface area is 242 Å². The van der Waals surface area contributed by atoms with Gasteiger partial charge in [-0.3, -0.25) is 8.86 Å². The van der Waals surface area contributed by atoms with Gasteiger partial charge in [-0.05, 0) is 70.1 Å². The van der Waals surface area contributed by atoms with Gasteiger partial charge in [0.2, 0.25) is 0 Å². The van der Waals surface area contributed by atoms with E-state index >= 15 is 0 Å². The molecule has 2 saturated carbocycles. The number of ether oxygens (including phenoxy) is 1. The lowest BCUT2D eigenvalue weighted by Crippen LogP contribution is -2.50. The molecule has 1 amide bonds. The SMILES string of the molecule is CC(C)(C)OC(=O)N1CCN(c2cccc3c2c(C2CC2)nn3C2CC(COS(=O)(=O)Cc3ccccc3)C2)CC1. The molecule has 3 fully saturated rings. The molecule has 6 rings (SSSR count). The molecule has 1 aromatic heterocycles. The van der Waals surface area contributed by atoms with Gasteiger partial charge in [-0.2, -0.15) is 13.5 Å². The third kappa shape index (κ3) is 6.38. The second-order valence-corrected chi connectivity index (χ2v) is 14.3. The van der Waals surface area contributed by atoms with Gasteiger partial charge in [0, 0.05) is 43.2 Å². The molecule has 9 nitrogen and oxygen atoms in total. The van der Waals surface area contributed by atoms with Gasteiger partial charge in [-0.15, -0.1) is 0 Å². The Balaban J connectivity index is 1.12. The molecule has 3 aromatic rings. The number of carbonyl (C=O) groups is 1. The Morgan fingerprint density at radius 1 is 0.976 bits per heavy atom. The molecular formula is C31H40N4O5S. The van der Waals surface area contributed by atoms with E-state index in [0.717, 1.165) is 49.9 Å². The number of hydrogen-bond donors (Lipinski definition) is 0. The number of rotatable bonds is 8. The third-order valence-electron chi connectivity index (χ3n) is 8.20. The van der Waals surface area contributed by atoms with Crippen molar-refractivity contribution in [3.63, 3.8) is 0 Å². The molecule has 1 saturated heterocycles. The molecule has 2 aliphatic carbocycles. The summed E-state index contributed by atoms with van der Waals surface area (Å²) in [5.74, 6) is 0.580. The number of hydrogen-bond acceptors (Lipinski definition) is 7. The van der Waals surface area contributed by atoms with Crippen molar-refractivity contribution >= 4 is 32.8 Å². The van der Waals surface area contributed by atoms with Crippen molar-refractivity contribution in [2.45, 2.75) is 69.8 Å². The van der Waals surface area contributed by atoms with Crippen molar-refractivity contribution in [3.8, 4) is 0 Å². The average molecular weight is 581 g/mol. The normalized spacial score (nSPS) is 21.6. The minimum Gasteiger partial charge on any atom is -0.444 e. The highest BCUT2D eigenvalue weighted by molar-refractivity contribution is 7.85. The molecule has 2 heterocycles. The van der Waals surface area contributed by atoms with E-state index in [1.807, 2.05) is 39.0 Å². The molecule has 0 atom stereocenters. The van der Waals surface area contributed by atoms with Crippen LogP contribution < -0.4 is 4.90 Å². The summed E-state index contributed by atoms with van der Waals surface area (Å²) in [6.07, 6.45) is 3.76. The van der Waals surface area contributed by atoms with Gasteiger partial charge < -0.3 is 14.5 Å². The average Bonchev–Trinajstić information content (AvgIpc) is 3.68. The van der Waals surface area contributed by atoms with Crippen LogP contribution in [0.1, 0.15) is 69.7 Å². The molecule has 10 heteroatoms. The van der Waals surface area contributed by atoms with E-state index in [1.54, 1.807) is 17.0 Å². The summed E-state index contributed by atoms with van der Waals surface area (Å²) in [7, 11) is -3.62. The van der Waals surface area contributed by atoms with E-state index in [4.69, 9.17) is 14.0 Å². The van der Waals surface area contributed by atoms with Crippen molar-refractivity contribution in [2.24, 2.45) is 5.92 Å². The maximum absolute atomic E-state index is 12.6. The number of benzene rings is 2. The number of fused-ring (bicyclic) bond motifs is 1. The molecule has 0 unspecified atom stereocenters. The van der Waals surface area contributed by atoms with E-state index in [-0.39, 0.29) is 30.4 Å². The number of aromatic nitrogens is 2.